The van der Waals surface area contributed by atoms with Crippen LogP contribution in [0.25, 0.3) is 11.0 Å². The molecule has 1 saturated carbocycles. The van der Waals surface area contributed by atoms with E-state index in [0.717, 1.165) is 48.1 Å². The second-order valence-corrected chi connectivity index (χ2v) is 10.1. The number of halogens is 1. The van der Waals surface area contributed by atoms with Crippen molar-refractivity contribution in [3.63, 3.8) is 0 Å². The summed E-state index contributed by atoms with van der Waals surface area (Å²) in [4.78, 5) is 33.6. The number of rotatable bonds is 11. The first-order valence-electron chi connectivity index (χ1n) is 12.8. The van der Waals surface area contributed by atoms with Gasteiger partial charge >= 0.3 is 0 Å². The average Bonchev–Trinajstić information content (AvgIpc) is 3.63. The molecule has 2 heterocycles. The summed E-state index contributed by atoms with van der Waals surface area (Å²) in [5.74, 6) is 1.30. The summed E-state index contributed by atoms with van der Waals surface area (Å²) in [6.45, 7) is 0.570. The summed E-state index contributed by atoms with van der Waals surface area (Å²) in [7, 11) is 3.55. The molecule has 2 N–H and O–H groups in total. The van der Waals surface area contributed by atoms with E-state index in [1.807, 2.05) is 46.8 Å². The van der Waals surface area contributed by atoms with E-state index < -0.39 is 0 Å². The normalized spacial score (nSPS) is 15.6. The number of aryl methyl sites for hydroxylation is 1. The quantitative estimate of drug-likeness (QED) is 0.211. The van der Waals surface area contributed by atoms with E-state index in [2.05, 4.69) is 5.32 Å². The van der Waals surface area contributed by atoms with Crippen molar-refractivity contribution in [2.24, 2.45) is 7.05 Å². The number of hydrogen-bond acceptors (Lipinski definition) is 5. The Balaban J connectivity index is 1.43. The Morgan fingerprint density at radius 1 is 1.24 bits per heavy atom. The van der Waals surface area contributed by atoms with Gasteiger partial charge in [-0.25, -0.2) is 4.98 Å². The SMILES string of the molecule is COc1cccc2c1nc([C@H](CCCCC(=N)CCl)NC(=O)c1cccc3c1C(=O)N(C1CC1)C3)n2C. The third kappa shape index (κ3) is 4.94. The Morgan fingerprint density at radius 2 is 2.03 bits per heavy atom. The number of imidazole rings is 1. The topological polar surface area (TPSA) is 100 Å². The van der Waals surface area contributed by atoms with Gasteiger partial charge in [-0.15, -0.1) is 11.6 Å². The number of unbranched alkanes of at least 4 members (excludes halogenated alkanes) is 1. The first-order chi connectivity index (χ1) is 17.9. The van der Waals surface area contributed by atoms with E-state index in [1.165, 1.54) is 0 Å². The number of carbonyl (C=O) groups excluding carboxylic acids is 2. The van der Waals surface area contributed by atoms with Crippen LogP contribution in [0.2, 0.25) is 0 Å². The molecule has 2 aliphatic rings. The van der Waals surface area contributed by atoms with Crippen LogP contribution < -0.4 is 10.1 Å². The minimum atomic E-state index is -0.383. The van der Waals surface area contributed by atoms with Gasteiger partial charge in [0.1, 0.15) is 17.1 Å². The lowest BCUT2D eigenvalue weighted by Crippen LogP contribution is -2.32. The molecule has 1 aliphatic carbocycles. The molecule has 0 spiro atoms. The van der Waals surface area contributed by atoms with Crippen LogP contribution in [0.1, 0.15) is 76.7 Å². The Bertz CT molecular complexity index is 1360. The van der Waals surface area contributed by atoms with Crippen LogP contribution in [0.3, 0.4) is 0 Å². The molecule has 8 nitrogen and oxygen atoms in total. The highest BCUT2D eigenvalue weighted by atomic mass is 35.5. The molecule has 9 heteroatoms. The standard InChI is InChI=1S/C28H32ClN5O3/c1-33-22-11-6-12-23(37-2)25(22)32-26(33)21(10-4-3-8-18(30)15-29)31-27(35)20-9-5-7-17-16-34(19-13-14-19)28(36)24(17)20/h5-7,9,11-12,19,21,30H,3-4,8,10,13-16H2,1-2H3,(H,31,35)/t21-/m0/s1. The van der Waals surface area contributed by atoms with Crippen molar-refractivity contribution in [1.82, 2.24) is 19.8 Å². The maximum absolute atomic E-state index is 13.7. The number of ether oxygens (including phenoxy) is 1. The van der Waals surface area contributed by atoms with E-state index in [9.17, 15) is 9.59 Å². The van der Waals surface area contributed by atoms with Crippen molar-refractivity contribution in [3.8, 4) is 5.75 Å². The lowest BCUT2D eigenvalue weighted by Gasteiger charge is -2.20. The van der Waals surface area contributed by atoms with Gasteiger partial charge in [0.15, 0.2) is 0 Å². The minimum Gasteiger partial charge on any atom is -0.494 e. The molecule has 3 aromatic rings. The van der Waals surface area contributed by atoms with E-state index in [1.54, 1.807) is 13.2 Å². The molecule has 5 rings (SSSR count). The molecular weight excluding hydrogens is 490 g/mol. The summed E-state index contributed by atoms with van der Waals surface area (Å²) in [5.41, 5.74) is 4.00. The average molecular weight is 522 g/mol. The third-order valence-corrected chi connectivity index (χ3v) is 7.65. The summed E-state index contributed by atoms with van der Waals surface area (Å²) in [6.07, 6.45) is 4.89. The minimum absolute atomic E-state index is 0.0492. The first kappa shape index (κ1) is 25.3. The smallest absolute Gasteiger partial charge is 0.255 e. The molecule has 0 radical (unpaired) electrons. The van der Waals surface area contributed by atoms with Gasteiger partial charge in [0.25, 0.3) is 11.8 Å². The molecule has 1 aromatic heterocycles. The maximum atomic E-state index is 13.7. The monoisotopic (exact) mass is 521 g/mol. The number of nitrogens with zero attached hydrogens (tertiary/aromatic N) is 3. The lowest BCUT2D eigenvalue weighted by molar-refractivity contribution is 0.0760. The fraction of sp³-hybridized carbons (Fsp3) is 0.429. The summed E-state index contributed by atoms with van der Waals surface area (Å²) >= 11 is 5.77. The molecule has 2 amide bonds. The van der Waals surface area contributed by atoms with Crippen LogP contribution in [0.15, 0.2) is 36.4 Å². The Hall–Kier alpha value is -3.39. The number of methoxy groups -OCH3 is 1. The summed E-state index contributed by atoms with van der Waals surface area (Å²) < 4.78 is 7.50. The van der Waals surface area contributed by atoms with Crippen LogP contribution in [-0.2, 0) is 13.6 Å². The van der Waals surface area contributed by atoms with Crippen molar-refractivity contribution in [2.75, 3.05) is 13.0 Å². The summed E-state index contributed by atoms with van der Waals surface area (Å²) in [6, 6.07) is 11.2. The number of benzene rings is 2. The van der Waals surface area contributed by atoms with Crippen molar-refractivity contribution in [1.29, 1.82) is 5.41 Å². The highest BCUT2D eigenvalue weighted by molar-refractivity contribution is 6.28. The number of carbonyl (C=O) groups is 2. The Morgan fingerprint density at radius 3 is 2.76 bits per heavy atom. The van der Waals surface area contributed by atoms with E-state index in [-0.39, 0.29) is 23.7 Å². The molecule has 1 fully saturated rings. The fourth-order valence-electron chi connectivity index (χ4n) is 5.19. The highest BCUT2D eigenvalue weighted by Crippen LogP contribution is 2.36. The van der Waals surface area contributed by atoms with Crippen LogP contribution >= 0.6 is 11.6 Å². The molecule has 1 atom stereocenters. The zero-order chi connectivity index (χ0) is 26.1. The van der Waals surface area contributed by atoms with Crippen molar-refractivity contribution in [3.05, 3.63) is 58.9 Å². The van der Waals surface area contributed by atoms with Gasteiger partial charge in [-0.3, -0.25) is 9.59 Å². The summed E-state index contributed by atoms with van der Waals surface area (Å²) in [5, 5.41) is 11.0. The largest absolute Gasteiger partial charge is 0.494 e. The number of fused-ring (bicyclic) bond motifs is 2. The van der Waals surface area contributed by atoms with Crippen molar-refractivity contribution >= 4 is 40.2 Å². The molecule has 0 saturated heterocycles. The van der Waals surface area contributed by atoms with Gasteiger partial charge < -0.3 is 24.9 Å². The fourth-order valence-corrected chi connectivity index (χ4v) is 5.33. The molecule has 194 valence electrons. The zero-order valence-electron chi connectivity index (χ0n) is 21.2. The Labute approximate surface area is 221 Å². The third-order valence-electron chi connectivity index (χ3n) is 7.33. The van der Waals surface area contributed by atoms with Crippen LogP contribution in [0, 0.1) is 5.41 Å². The van der Waals surface area contributed by atoms with Gasteiger partial charge in [0, 0.05) is 25.3 Å². The van der Waals surface area contributed by atoms with E-state index in [4.69, 9.17) is 26.7 Å². The number of nitrogens with one attached hydrogen (secondary N) is 2. The second-order valence-electron chi connectivity index (χ2n) is 9.87. The second kappa shape index (κ2) is 10.5. The predicted molar refractivity (Wildman–Crippen MR) is 144 cm³/mol. The van der Waals surface area contributed by atoms with Gasteiger partial charge in [-0.2, -0.15) is 0 Å². The van der Waals surface area contributed by atoms with Crippen LogP contribution in [0.5, 0.6) is 5.75 Å². The lowest BCUT2D eigenvalue weighted by atomic mass is 10.0. The maximum Gasteiger partial charge on any atom is 0.255 e. The molecule has 2 aromatic carbocycles. The number of amides is 2. The number of alkyl halides is 1. The van der Waals surface area contributed by atoms with Gasteiger partial charge in [0.05, 0.1) is 35.7 Å². The molecular formula is C28H32ClN5O3. The number of hydrogen-bond donors (Lipinski definition) is 2. The first-order valence-corrected chi connectivity index (χ1v) is 13.3. The van der Waals surface area contributed by atoms with Gasteiger partial charge in [0.2, 0.25) is 0 Å². The van der Waals surface area contributed by atoms with Gasteiger partial charge in [-0.05, 0) is 55.9 Å². The number of para-hydroxylation sites is 1. The van der Waals surface area contributed by atoms with E-state index in [0.29, 0.717) is 48.0 Å². The van der Waals surface area contributed by atoms with Crippen LogP contribution in [-0.4, -0.2) is 51.0 Å². The number of aromatic nitrogens is 2. The Kier molecular flexibility index (Phi) is 7.20. The van der Waals surface area contributed by atoms with E-state index >= 15 is 0 Å². The highest BCUT2D eigenvalue weighted by Gasteiger charge is 2.40. The van der Waals surface area contributed by atoms with Gasteiger partial charge in [-0.1, -0.05) is 24.6 Å². The molecule has 0 bridgehead atoms. The van der Waals surface area contributed by atoms with Crippen molar-refractivity contribution in [2.45, 2.75) is 57.2 Å². The molecule has 1 aliphatic heterocycles. The molecule has 37 heavy (non-hydrogen) atoms. The zero-order valence-corrected chi connectivity index (χ0v) is 22.0. The predicted octanol–water partition coefficient (Wildman–Crippen LogP) is 4.99. The van der Waals surface area contributed by atoms with Crippen molar-refractivity contribution < 1.29 is 14.3 Å². The van der Waals surface area contributed by atoms with Crippen LogP contribution in [0.4, 0.5) is 0 Å². The molecule has 0 unspecified atom stereocenters.